The molecule has 0 saturated heterocycles. The number of carboxylic acid groups (broad SMARTS) is 1. The van der Waals surface area contributed by atoms with Gasteiger partial charge in [-0.15, -0.1) is 11.3 Å². The number of pyridine rings is 2. The van der Waals surface area contributed by atoms with Gasteiger partial charge in [-0.2, -0.15) is 13.2 Å². The maximum Gasteiger partial charge on any atom is 0.406 e. The van der Waals surface area contributed by atoms with E-state index in [1.165, 1.54) is 11.4 Å². The van der Waals surface area contributed by atoms with Crippen molar-refractivity contribution in [3.05, 3.63) is 44.8 Å². The molecule has 1 fully saturated rings. The number of aromatic nitrogens is 2. The first kappa shape index (κ1) is 22.1. The number of alkyl halides is 3. The van der Waals surface area contributed by atoms with Crippen LogP contribution in [0.5, 0.6) is 0 Å². The van der Waals surface area contributed by atoms with Crippen LogP contribution in [-0.4, -0.2) is 32.7 Å². The number of nitrogens with zero attached hydrogens (tertiary/aromatic N) is 2. The highest BCUT2D eigenvalue weighted by Crippen LogP contribution is 2.36. The highest BCUT2D eigenvalue weighted by atomic mass is 35.5. The fourth-order valence-electron chi connectivity index (χ4n) is 3.06. The van der Waals surface area contributed by atoms with E-state index in [2.05, 4.69) is 15.6 Å². The molecule has 0 bridgehead atoms. The molecule has 168 valence electrons. The smallest absolute Gasteiger partial charge is 0.406 e. The van der Waals surface area contributed by atoms with Crippen LogP contribution in [0.3, 0.4) is 0 Å². The second-order valence-electron chi connectivity index (χ2n) is 7.19. The Morgan fingerprint density at radius 3 is 2.66 bits per heavy atom. The fraction of sp³-hybridized carbons (Fsp3) is 0.263. The molecule has 3 aromatic rings. The summed E-state index contributed by atoms with van der Waals surface area (Å²) in [5.41, 5.74) is -1.10. The summed E-state index contributed by atoms with van der Waals surface area (Å²) in [4.78, 5) is 40.3. The van der Waals surface area contributed by atoms with Gasteiger partial charge in [0.15, 0.2) is 0 Å². The lowest BCUT2D eigenvalue weighted by Gasteiger charge is -2.13. The number of carbonyl (C=O) groups excluding carboxylic acids is 1. The van der Waals surface area contributed by atoms with Crippen LogP contribution < -0.4 is 16.2 Å². The number of hydrogen-bond acceptors (Lipinski definition) is 6. The summed E-state index contributed by atoms with van der Waals surface area (Å²) >= 11 is 7.10. The third-order valence-electron chi connectivity index (χ3n) is 4.70. The normalized spacial score (nSPS) is 13.9. The lowest BCUT2D eigenvalue weighted by molar-refractivity contribution is -0.141. The van der Waals surface area contributed by atoms with Crippen molar-refractivity contribution in [1.82, 2.24) is 9.55 Å². The van der Waals surface area contributed by atoms with Crippen molar-refractivity contribution >= 4 is 62.1 Å². The molecule has 3 N–H and O–H groups in total. The van der Waals surface area contributed by atoms with E-state index >= 15 is 0 Å². The van der Waals surface area contributed by atoms with Gasteiger partial charge in [0.1, 0.15) is 17.9 Å². The Morgan fingerprint density at radius 1 is 1.31 bits per heavy atom. The van der Waals surface area contributed by atoms with E-state index in [0.29, 0.717) is 4.57 Å². The molecule has 13 heteroatoms. The zero-order chi connectivity index (χ0) is 23.2. The first-order valence-electron chi connectivity index (χ1n) is 9.21. The van der Waals surface area contributed by atoms with Crippen molar-refractivity contribution < 1.29 is 27.9 Å². The minimum Gasteiger partial charge on any atom is -0.478 e. The van der Waals surface area contributed by atoms with Gasteiger partial charge in [0.2, 0.25) is 5.91 Å². The van der Waals surface area contributed by atoms with Gasteiger partial charge in [0.05, 0.1) is 26.5 Å². The zero-order valence-corrected chi connectivity index (χ0v) is 17.6. The van der Waals surface area contributed by atoms with E-state index in [1.54, 1.807) is 0 Å². The highest BCUT2D eigenvalue weighted by Gasteiger charge is 2.31. The number of hydrogen-bond donors (Lipinski definition) is 3. The lowest BCUT2D eigenvalue weighted by Crippen LogP contribution is -2.27. The van der Waals surface area contributed by atoms with Crippen LogP contribution in [0.15, 0.2) is 28.6 Å². The van der Waals surface area contributed by atoms with E-state index in [0.717, 1.165) is 36.6 Å². The van der Waals surface area contributed by atoms with E-state index in [4.69, 9.17) is 11.6 Å². The molecule has 1 aliphatic rings. The largest absolute Gasteiger partial charge is 0.478 e. The Morgan fingerprint density at radius 2 is 2.03 bits per heavy atom. The number of rotatable bonds is 6. The molecular weight excluding hydrogens is 473 g/mol. The molecule has 32 heavy (non-hydrogen) atoms. The standard InChI is InChI=1S/C19H14ClF3N4O4S/c20-10-5-27(7-19(21,22)23)17(29)14-12(6-32-15(10)14)25-11-3-13(24-4-9(11)18(30)31)26-16(28)8-1-2-8/h3-6,8H,1-2,7H2,(H,30,31)(H2,24,25,26,28). The number of carboxylic acids is 1. The van der Waals surface area contributed by atoms with Crippen molar-refractivity contribution in [2.24, 2.45) is 5.92 Å². The molecule has 0 aromatic carbocycles. The van der Waals surface area contributed by atoms with Crippen molar-refractivity contribution in [2.45, 2.75) is 25.6 Å². The van der Waals surface area contributed by atoms with Gasteiger partial charge in [-0.1, -0.05) is 11.6 Å². The van der Waals surface area contributed by atoms with Crippen LogP contribution in [0.2, 0.25) is 5.02 Å². The summed E-state index contributed by atoms with van der Waals surface area (Å²) in [5, 5.41) is 16.1. The van der Waals surface area contributed by atoms with E-state index in [1.807, 2.05) is 0 Å². The monoisotopic (exact) mass is 486 g/mol. The second kappa shape index (κ2) is 8.10. The number of thiophene rings is 1. The van der Waals surface area contributed by atoms with Crippen LogP contribution in [0.25, 0.3) is 10.1 Å². The third kappa shape index (κ3) is 4.55. The lowest BCUT2D eigenvalue weighted by atomic mass is 10.2. The Balaban J connectivity index is 1.76. The molecule has 0 spiro atoms. The van der Waals surface area contributed by atoms with Gasteiger partial charge in [0.25, 0.3) is 5.56 Å². The Hall–Kier alpha value is -3.12. The van der Waals surface area contributed by atoms with Crippen molar-refractivity contribution in [3.8, 4) is 0 Å². The topological polar surface area (TPSA) is 113 Å². The van der Waals surface area contributed by atoms with Gasteiger partial charge in [-0.05, 0) is 12.8 Å². The van der Waals surface area contributed by atoms with E-state index in [-0.39, 0.29) is 49.7 Å². The van der Waals surface area contributed by atoms with E-state index in [9.17, 15) is 32.7 Å². The summed E-state index contributed by atoms with van der Waals surface area (Å²) in [7, 11) is 0. The molecule has 4 rings (SSSR count). The van der Waals surface area contributed by atoms with E-state index < -0.39 is 24.2 Å². The summed E-state index contributed by atoms with van der Waals surface area (Å²) in [6.45, 7) is -1.52. The number of anilines is 3. The molecule has 0 unspecified atom stereocenters. The summed E-state index contributed by atoms with van der Waals surface area (Å²) in [5.74, 6) is -1.58. The van der Waals surface area contributed by atoms with Crippen molar-refractivity contribution in [2.75, 3.05) is 10.6 Å². The maximum atomic E-state index is 12.9. The van der Waals surface area contributed by atoms with Crippen LogP contribution >= 0.6 is 22.9 Å². The van der Waals surface area contributed by atoms with Gasteiger partial charge < -0.3 is 20.3 Å². The number of amides is 1. The zero-order valence-electron chi connectivity index (χ0n) is 16.0. The summed E-state index contributed by atoms with van der Waals surface area (Å²) < 4.78 is 39.3. The first-order chi connectivity index (χ1) is 15.0. The second-order valence-corrected chi connectivity index (χ2v) is 8.47. The molecule has 1 saturated carbocycles. The number of nitrogens with one attached hydrogen (secondary N) is 2. The molecule has 8 nitrogen and oxygen atoms in total. The minimum atomic E-state index is -4.64. The predicted octanol–water partition coefficient (Wildman–Crippen LogP) is 4.46. The third-order valence-corrected chi connectivity index (χ3v) is 6.12. The van der Waals surface area contributed by atoms with Crippen LogP contribution in [-0.2, 0) is 11.3 Å². The average Bonchev–Trinajstić information content (AvgIpc) is 3.46. The first-order valence-corrected chi connectivity index (χ1v) is 10.5. The average molecular weight is 487 g/mol. The van der Waals surface area contributed by atoms with Crippen LogP contribution in [0.1, 0.15) is 23.2 Å². The SMILES string of the molecule is O=C(O)c1cnc(NC(=O)C2CC2)cc1Nc1csc2c(Cl)cn(CC(F)(F)F)c(=O)c12. The molecule has 0 aliphatic heterocycles. The van der Waals surface area contributed by atoms with Crippen LogP contribution in [0.4, 0.5) is 30.4 Å². The maximum absolute atomic E-state index is 12.9. The molecule has 3 aromatic heterocycles. The van der Waals surface area contributed by atoms with Crippen molar-refractivity contribution in [1.29, 1.82) is 0 Å². The molecule has 0 radical (unpaired) electrons. The molecule has 1 aliphatic carbocycles. The van der Waals surface area contributed by atoms with Gasteiger partial charge >= 0.3 is 12.1 Å². The number of fused-ring (bicyclic) bond motifs is 1. The number of aromatic carboxylic acids is 1. The summed E-state index contributed by atoms with van der Waals surface area (Å²) in [6.07, 6.45) is -1.16. The Bertz CT molecular complexity index is 1300. The molecule has 0 atom stereocenters. The van der Waals surface area contributed by atoms with Gasteiger partial charge in [-0.25, -0.2) is 9.78 Å². The van der Waals surface area contributed by atoms with Gasteiger partial charge in [0, 0.05) is 29.8 Å². The van der Waals surface area contributed by atoms with Gasteiger partial charge in [-0.3, -0.25) is 9.59 Å². The molecular formula is C19H14ClF3N4O4S. The predicted molar refractivity (Wildman–Crippen MR) is 113 cm³/mol. The Labute approximate surface area is 186 Å². The Kier molecular flexibility index (Phi) is 5.59. The highest BCUT2D eigenvalue weighted by molar-refractivity contribution is 7.18. The number of halogens is 4. The summed E-state index contributed by atoms with van der Waals surface area (Å²) in [6, 6.07) is 1.28. The molecule has 3 heterocycles. The minimum absolute atomic E-state index is 0.0000406. The number of carbonyl (C=O) groups is 2. The quantitative estimate of drug-likeness (QED) is 0.474. The van der Waals surface area contributed by atoms with Crippen molar-refractivity contribution in [3.63, 3.8) is 0 Å². The molecule has 1 amide bonds. The fourth-order valence-corrected chi connectivity index (χ4v) is 4.30. The van der Waals surface area contributed by atoms with Crippen LogP contribution in [0, 0.1) is 5.92 Å².